The Morgan fingerprint density at radius 3 is 2.56 bits per heavy atom. The Hall–Kier alpha value is -1.64. The summed E-state index contributed by atoms with van der Waals surface area (Å²) in [7, 11) is -3.87. The number of carbonyl (C=O) groups is 1. The highest BCUT2D eigenvalue weighted by atomic mass is 35.5. The summed E-state index contributed by atoms with van der Waals surface area (Å²) in [6.07, 6.45) is 1.57. The minimum atomic E-state index is -3.87. The minimum Gasteiger partial charge on any atom is -0.377 e. The van der Waals surface area contributed by atoms with E-state index in [0.717, 1.165) is 12.8 Å². The van der Waals surface area contributed by atoms with Crippen molar-refractivity contribution < 1.29 is 17.9 Å². The van der Waals surface area contributed by atoms with E-state index in [4.69, 9.17) is 27.9 Å². The summed E-state index contributed by atoms with van der Waals surface area (Å²) >= 11 is 11.9. The Bertz CT molecular complexity index is 927. The summed E-state index contributed by atoms with van der Waals surface area (Å²) < 4.78 is 33.1. The highest BCUT2D eigenvalue weighted by Gasteiger charge is 2.23. The van der Waals surface area contributed by atoms with Crippen molar-refractivity contribution in [2.24, 2.45) is 0 Å². The van der Waals surface area contributed by atoms with Gasteiger partial charge in [-0.3, -0.25) is 4.79 Å². The molecule has 1 atom stereocenters. The molecule has 3 rings (SSSR count). The number of rotatable bonds is 6. The molecule has 1 heterocycles. The highest BCUT2D eigenvalue weighted by molar-refractivity contribution is 7.89. The summed E-state index contributed by atoms with van der Waals surface area (Å²) in [6, 6.07) is 10.7. The lowest BCUT2D eigenvalue weighted by Gasteiger charge is -2.13. The van der Waals surface area contributed by atoms with Gasteiger partial charge in [-0.2, -0.15) is 0 Å². The van der Waals surface area contributed by atoms with Crippen LogP contribution in [0.25, 0.3) is 0 Å². The second kappa shape index (κ2) is 8.58. The Morgan fingerprint density at radius 2 is 1.89 bits per heavy atom. The van der Waals surface area contributed by atoms with Crippen molar-refractivity contribution in [3.05, 3.63) is 58.1 Å². The number of hydrogen-bond donors (Lipinski definition) is 2. The fourth-order valence-electron chi connectivity index (χ4n) is 2.67. The van der Waals surface area contributed by atoms with Gasteiger partial charge in [-0.15, -0.1) is 0 Å². The zero-order valence-electron chi connectivity index (χ0n) is 14.2. The maximum atomic E-state index is 12.6. The van der Waals surface area contributed by atoms with Gasteiger partial charge in [0.25, 0.3) is 5.91 Å². The van der Waals surface area contributed by atoms with Crippen LogP contribution in [0.3, 0.4) is 0 Å². The van der Waals surface area contributed by atoms with Gasteiger partial charge >= 0.3 is 0 Å². The average Bonchev–Trinajstić information content (AvgIpc) is 3.16. The number of amides is 1. The van der Waals surface area contributed by atoms with E-state index < -0.39 is 15.9 Å². The first-order chi connectivity index (χ1) is 12.8. The van der Waals surface area contributed by atoms with Crippen LogP contribution in [0.4, 0.5) is 5.69 Å². The molecule has 1 amide bonds. The van der Waals surface area contributed by atoms with Crippen LogP contribution in [0.5, 0.6) is 0 Å². The molecular weight excluding hydrogens is 411 g/mol. The Balaban J connectivity index is 1.76. The second-order valence-electron chi connectivity index (χ2n) is 6.09. The van der Waals surface area contributed by atoms with E-state index >= 15 is 0 Å². The van der Waals surface area contributed by atoms with Crippen molar-refractivity contribution in [1.29, 1.82) is 0 Å². The molecule has 9 heteroatoms. The van der Waals surface area contributed by atoms with Crippen molar-refractivity contribution in [3.8, 4) is 0 Å². The first-order valence-corrected chi connectivity index (χ1v) is 10.6. The quantitative estimate of drug-likeness (QED) is 0.734. The van der Waals surface area contributed by atoms with Crippen LogP contribution in [0, 0.1) is 0 Å². The molecule has 2 N–H and O–H groups in total. The van der Waals surface area contributed by atoms with Gasteiger partial charge in [0.2, 0.25) is 10.0 Å². The molecular formula is C18H18Cl2N2O4S. The molecule has 0 bridgehead atoms. The summed E-state index contributed by atoms with van der Waals surface area (Å²) in [5.74, 6) is -0.454. The van der Waals surface area contributed by atoms with Crippen LogP contribution in [-0.4, -0.2) is 33.6 Å². The summed E-state index contributed by atoms with van der Waals surface area (Å²) in [5.41, 5.74) is 0.715. The lowest BCUT2D eigenvalue weighted by atomic mass is 10.2. The number of carbonyl (C=O) groups excluding carboxylic acids is 1. The van der Waals surface area contributed by atoms with E-state index in [1.54, 1.807) is 24.3 Å². The fraction of sp³-hybridized carbons (Fsp3) is 0.278. The number of halogens is 2. The third-order valence-corrected chi connectivity index (χ3v) is 6.27. The third-order valence-electron chi connectivity index (χ3n) is 4.11. The highest BCUT2D eigenvalue weighted by Crippen LogP contribution is 2.24. The maximum Gasteiger partial charge on any atom is 0.255 e. The van der Waals surface area contributed by atoms with Crippen LogP contribution < -0.4 is 10.0 Å². The van der Waals surface area contributed by atoms with Crippen molar-refractivity contribution in [3.63, 3.8) is 0 Å². The number of benzene rings is 2. The van der Waals surface area contributed by atoms with Crippen molar-refractivity contribution in [1.82, 2.24) is 4.72 Å². The first kappa shape index (κ1) is 20.1. The third kappa shape index (κ3) is 5.21. The molecule has 0 aromatic heterocycles. The fourth-order valence-corrected chi connectivity index (χ4v) is 4.39. The molecule has 2 aromatic rings. The van der Waals surface area contributed by atoms with E-state index in [1.807, 2.05) is 0 Å². The van der Waals surface area contributed by atoms with Gasteiger partial charge in [-0.05, 0) is 55.3 Å². The molecule has 27 heavy (non-hydrogen) atoms. The van der Waals surface area contributed by atoms with E-state index in [2.05, 4.69) is 10.0 Å². The average molecular weight is 429 g/mol. The van der Waals surface area contributed by atoms with Crippen LogP contribution in [0.15, 0.2) is 47.4 Å². The van der Waals surface area contributed by atoms with Gasteiger partial charge in [-0.1, -0.05) is 23.2 Å². The van der Waals surface area contributed by atoms with Gasteiger partial charge < -0.3 is 10.1 Å². The lowest BCUT2D eigenvalue weighted by Crippen LogP contribution is -2.32. The zero-order chi connectivity index (χ0) is 19.4. The summed E-state index contributed by atoms with van der Waals surface area (Å²) in [5, 5.41) is 3.27. The van der Waals surface area contributed by atoms with Crippen LogP contribution in [-0.2, 0) is 14.8 Å². The molecule has 2 aromatic carbocycles. The van der Waals surface area contributed by atoms with Gasteiger partial charge in [-0.25, -0.2) is 13.1 Å². The summed E-state index contributed by atoms with van der Waals surface area (Å²) in [4.78, 5) is 12.3. The Labute approximate surface area is 167 Å². The van der Waals surface area contributed by atoms with Crippen molar-refractivity contribution >= 4 is 44.8 Å². The van der Waals surface area contributed by atoms with E-state index in [0.29, 0.717) is 17.3 Å². The smallest absolute Gasteiger partial charge is 0.255 e. The lowest BCUT2D eigenvalue weighted by molar-refractivity contribution is 0.102. The molecule has 1 fully saturated rings. The monoisotopic (exact) mass is 428 g/mol. The number of hydrogen-bond acceptors (Lipinski definition) is 4. The van der Waals surface area contributed by atoms with Crippen molar-refractivity contribution in [2.45, 2.75) is 23.8 Å². The normalized spacial score (nSPS) is 17.0. The molecule has 144 valence electrons. The number of nitrogens with one attached hydrogen (secondary N) is 2. The first-order valence-electron chi connectivity index (χ1n) is 8.33. The van der Waals surface area contributed by atoms with Gasteiger partial charge in [0.1, 0.15) is 4.90 Å². The topological polar surface area (TPSA) is 84.5 Å². The predicted molar refractivity (Wildman–Crippen MR) is 105 cm³/mol. The van der Waals surface area contributed by atoms with Gasteiger partial charge in [0, 0.05) is 29.4 Å². The largest absolute Gasteiger partial charge is 0.377 e. The number of ether oxygens (including phenoxy) is 1. The maximum absolute atomic E-state index is 12.6. The molecule has 0 aliphatic carbocycles. The zero-order valence-corrected chi connectivity index (χ0v) is 16.6. The number of sulfonamides is 1. The molecule has 0 spiro atoms. The molecule has 1 saturated heterocycles. The minimum absolute atomic E-state index is 0.0397. The van der Waals surface area contributed by atoms with E-state index in [1.165, 1.54) is 18.2 Å². The van der Waals surface area contributed by atoms with Gasteiger partial charge in [0.05, 0.1) is 11.1 Å². The van der Waals surface area contributed by atoms with Gasteiger partial charge in [0.15, 0.2) is 0 Å². The SMILES string of the molecule is O=C(Nc1ccc(Cl)cc1)c1ccc(Cl)c(S(=O)(=O)NC[C@H]2CCCO2)c1. The van der Waals surface area contributed by atoms with E-state index in [9.17, 15) is 13.2 Å². The van der Waals surface area contributed by atoms with Crippen LogP contribution >= 0.6 is 23.2 Å². The molecule has 1 aliphatic heterocycles. The standard InChI is InChI=1S/C18H18Cl2N2O4S/c19-13-4-6-14(7-5-13)22-18(23)12-3-8-16(20)17(10-12)27(24,25)21-11-15-2-1-9-26-15/h3-8,10,15,21H,1-2,9,11H2,(H,22,23)/t15-/m1/s1. The molecule has 0 unspecified atom stereocenters. The second-order valence-corrected chi connectivity index (χ2v) is 8.67. The Kier molecular flexibility index (Phi) is 6.39. The van der Waals surface area contributed by atoms with Crippen LogP contribution in [0.1, 0.15) is 23.2 Å². The molecule has 0 radical (unpaired) electrons. The molecule has 0 saturated carbocycles. The molecule has 6 nitrogen and oxygen atoms in total. The molecule has 1 aliphatic rings. The predicted octanol–water partition coefficient (Wildman–Crippen LogP) is 3.70. The number of anilines is 1. The Morgan fingerprint density at radius 1 is 1.15 bits per heavy atom. The van der Waals surface area contributed by atoms with Crippen molar-refractivity contribution in [2.75, 3.05) is 18.5 Å². The summed E-state index contributed by atoms with van der Waals surface area (Å²) in [6.45, 7) is 0.799. The van der Waals surface area contributed by atoms with E-state index in [-0.39, 0.29) is 28.1 Å². The van der Waals surface area contributed by atoms with Crippen LogP contribution in [0.2, 0.25) is 10.0 Å².